The smallest absolute Gasteiger partial charge is 0.268 e. The van der Waals surface area contributed by atoms with Crippen molar-refractivity contribution >= 4 is 29.1 Å². The van der Waals surface area contributed by atoms with Crippen molar-refractivity contribution < 1.29 is 14.3 Å². The molecule has 0 radical (unpaired) electrons. The number of hydrogen-bond donors (Lipinski definition) is 0. The maximum Gasteiger partial charge on any atom is 0.268 e. The minimum absolute atomic E-state index is 0.0203. The molecule has 0 spiro atoms. The minimum atomic E-state index is -0.595. The Labute approximate surface area is 134 Å². The fourth-order valence-corrected chi connectivity index (χ4v) is 3.09. The Morgan fingerprint density at radius 2 is 2.05 bits per heavy atom. The second-order valence-electron chi connectivity index (χ2n) is 5.74. The van der Waals surface area contributed by atoms with Gasteiger partial charge in [-0.15, -0.1) is 0 Å². The van der Waals surface area contributed by atoms with Gasteiger partial charge in [0.15, 0.2) is 6.10 Å². The summed E-state index contributed by atoms with van der Waals surface area (Å²) in [6.07, 6.45) is 2.63. The highest BCUT2D eigenvalue weighted by molar-refractivity contribution is 6.31. The van der Waals surface area contributed by atoms with E-state index in [1.165, 1.54) is 4.90 Å². The highest BCUT2D eigenvalue weighted by Crippen LogP contribution is 2.36. The van der Waals surface area contributed by atoms with Crippen molar-refractivity contribution in [1.29, 1.82) is 0 Å². The molecule has 5 nitrogen and oxygen atoms in total. The average molecular weight is 323 g/mol. The molecule has 0 aromatic heterocycles. The molecule has 3 rings (SSSR count). The monoisotopic (exact) mass is 322 g/mol. The third-order valence-electron chi connectivity index (χ3n) is 4.13. The molecule has 0 saturated carbocycles. The molecular weight excluding hydrogens is 304 g/mol. The van der Waals surface area contributed by atoms with Crippen molar-refractivity contribution in [2.75, 3.05) is 24.5 Å². The molecule has 118 valence electrons. The summed E-state index contributed by atoms with van der Waals surface area (Å²) >= 11 is 6.02. The summed E-state index contributed by atoms with van der Waals surface area (Å²) in [6.45, 7) is 3.28. The van der Waals surface area contributed by atoms with Crippen LogP contribution in [-0.4, -0.2) is 42.5 Å². The van der Waals surface area contributed by atoms with Gasteiger partial charge in [0, 0.05) is 18.1 Å². The van der Waals surface area contributed by atoms with Crippen LogP contribution in [0.15, 0.2) is 18.2 Å². The number of nitrogens with zero attached hydrogens (tertiary/aromatic N) is 2. The third kappa shape index (κ3) is 2.90. The SMILES string of the molecule is CC1Oc2ccc(Cl)cc2N(CC(=O)N2CCCCC2)C1=O. The van der Waals surface area contributed by atoms with Gasteiger partial charge in [0.25, 0.3) is 5.91 Å². The van der Waals surface area contributed by atoms with Gasteiger partial charge in [0.1, 0.15) is 12.3 Å². The number of halogens is 1. The normalized spacial score (nSPS) is 21.4. The summed E-state index contributed by atoms with van der Waals surface area (Å²) < 4.78 is 5.58. The van der Waals surface area contributed by atoms with E-state index in [-0.39, 0.29) is 18.4 Å². The number of amides is 2. The predicted molar refractivity (Wildman–Crippen MR) is 84.3 cm³/mol. The van der Waals surface area contributed by atoms with Gasteiger partial charge in [-0.1, -0.05) is 11.6 Å². The van der Waals surface area contributed by atoms with Crippen LogP contribution in [0, 0.1) is 0 Å². The summed E-state index contributed by atoms with van der Waals surface area (Å²) in [7, 11) is 0. The largest absolute Gasteiger partial charge is 0.479 e. The molecule has 0 N–H and O–H groups in total. The molecule has 0 bridgehead atoms. The van der Waals surface area contributed by atoms with Gasteiger partial charge in [-0.2, -0.15) is 0 Å². The zero-order chi connectivity index (χ0) is 15.7. The van der Waals surface area contributed by atoms with Crippen LogP contribution in [0.2, 0.25) is 5.02 Å². The van der Waals surface area contributed by atoms with Crippen molar-refractivity contribution in [3.8, 4) is 5.75 Å². The number of piperidine rings is 1. The van der Waals surface area contributed by atoms with Crippen LogP contribution in [0.1, 0.15) is 26.2 Å². The predicted octanol–water partition coefficient (Wildman–Crippen LogP) is 2.47. The van der Waals surface area contributed by atoms with Crippen LogP contribution in [0.25, 0.3) is 0 Å². The number of carbonyl (C=O) groups excluding carboxylic acids is 2. The molecule has 6 heteroatoms. The average Bonchev–Trinajstić information content (AvgIpc) is 2.53. The van der Waals surface area contributed by atoms with E-state index in [9.17, 15) is 9.59 Å². The number of benzene rings is 1. The van der Waals surface area contributed by atoms with E-state index in [0.717, 1.165) is 32.4 Å². The topological polar surface area (TPSA) is 49.9 Å². The van der Waals surface area contributed by atoms with Crippen LogP contribution >= 0.6 is 11.6 Å². The molecule has 2 heterocycles. The first kappa shape index (κ1) is 15.2. The van der Waals surface area contributed by atoms with Gasteiger partial charge in [-0.05, 0) is 44.4 Å². The molecule has 1 aromatic carbocycles. The number of likely N-dealkylation sites (tertiary alicyclic amines) is 1. The van der Waals surface area contributed by atoms with E-state index in [1.807, 2.05) is 4.90 Å². The summed E-state index contributed by atoms with van der Waals surface area (Å²) in [6, 6.07) is 5.12. The van der Waals surface area contributed by atoms with Gasteiger partial charge in [0.2, 0.25) is 5.91 Å². The maximum absolute atomic E-state index is 12.5. The van der Waals surface area contributed by atoms with Gasteiger partial charge in [-0.25, -0.2) is 0 Å². The van der Waals surface area contributed by atoms with E-state index in [1.54, 1.807) is 25.1 Å². The van der Waals surface area contributed by atoms with Crippen molar-refractivity contribution in [3.05, 3.63) is 23.2 Å². The molecule has 1 atom stereocenters. The molecule has 1 saturated heterocycles. The maximum atomic E-state index is 12.5. The lowest BCUT2D eigenvalue weighted by atomic mass is 10.1. The molecular formula is C16H19ClN2O3. The van der Waals surface area contributed by atoms with Crippen LogP contribution in [0.3, 0.4) is 0 Å². The Balaban J connectivity index is 1.83. The van der Waals surface area contributed by atoms with E-state index in [4.69, 9.17) is 16.3 Å². The number of ether oxygens (including phenoxy) is 1. The number of carbonyl (C=O) groups is 2. The first-order valence-corrected chi connectivity index (χ1v) is 7.99. The van der Waals surface area contributed by atoms with Crippen LogP contribution in [0.5, 0.6) is 5.75 Å². The lowest BCUT2D eigenvalue weighted by Crippen LogP contribution is -2.50. The minimum Gasteiger partial charge on any atom is -0.479 e. The quantitative estimate of drug-likeness (QED) is 0.840. The van der Waals surface area contributed by atoms with Crippen LogP contribution in [-0.2, 0) is 9.59 Å². The number of anilines is 1. The first-order valence-electron chi connectivity index (χ1n) is 7.61. The van der Waals surface area contributed by atoms with E-state index in [0.29, 0.717) is 16.5 Å². The summed E-state index contributed by atoms with van der Waals surface area (Å²) in [4.78, 5) is 28.2. The molecule has 2 aliphatic rings. The van der Waals surface area contributed by atoms with E-state index >= 15 is 0 Å². The number of rotatable bonds is 2. The molecule has 1 unspecified atom stereocenters. The fourth-order valence-electron chi connectivity index (χ4n) is 2.92. The number of fused-ring (bicyclic) bond motifs is 1. The second-order valence-corrected chi connectivity index (χ2v) is 6.17. The van der Waals surface area contributed by atoms with Crippen LogP contribution in [0.4, 0.5) is 5.69 Å². The zero-order valence-corrected chi connectivity index (χ0v) is 13.3. The Morgan fingerprint density at radius 1 is 1.32 bits per heavy atom. The Hall–Kier alpha value is -1.75. The third-order valence-corrected chi connectivity index (χ3v) is 4.37. The molecule has 22 heavy (non-hydrogen) atoms. The Bertz CT molecular complexity index is 599. The standard InChI is InChI=1S/C16H19ClN2O3/c1-11-16(21)19(10-15(20)18-7-3-2-4-8-18)13-9-12(17)5-6-14(13)22-11/h5-6,9,11H,2-4,7-8,10H2,1H3. The van der Waals surface area contributed by atoms with Crippen molar-refractivity contribution in [2.24, 2.45) is 0 Å². The van der Waals surface area contributed by atoms with Crippen molar-refractivity contribution in [2.45, 2.75) is 32.3 Å². The van der Waals surface area contributed by atoms with Crippen LogP contribution < -0.4 is 9.64 Å². The first-order chi connectivity index (χ1) is 10.6. The van der Waals surface area contributed by atoms with Gasteiger partial charge in [0.05, 0.1) is 5.69 Å². The van der Waals surface area contributed by atoms with E-state index < -0.39 is 6.10 Å². The van der Waals surface area contributed by atoms with Gasteiger partial charge < -0.3 is 9.64 Å². The number of hydrogen-bond acceptors (Lipinski definition) is 3. The highest BCUT2D eigenvalue weighted by Gasteiger charge is 2.34. The molecule has 1 aromatic rings. The Kier molecular flexibility index (Phi) is 4.25. The van der Waals surface area contributed by atoms with E-state index in [2.05, 4.69) is 0 Å². The van der Waals surface area contributed by atoms with Crippen molar-refractivity contribution in [1.82, 2.24) is 4.90 Å². The zero-order valence-electron chi connectivity index (χ0n) is 12.5. The van der Waals surface area contributed by atoms with Gasteiger partial charge in [-0.3, -0.25) is 14.5 Å². The second kappa shape index (κ2) is 6.16. The summed E-state index contributed by atoms with van der Waals surface area (Å²) in [5, 5.41) is 0.514. The molecule has 2 aliphatic heterocycles. The molecule has 2 amide bonds. The lowest BCUT2D eigenvalue weighted by Gasteiger charge is -2.35. The summed E-state index contributed by atoms with van der Waals surface area (Å²) in [5.41, 5.74) is 0.570. The van der Waals surface area contributed by atoms with Gasteiger partial charge >= 0.3 is 0 Å². The fraction of sp³-hybridized carbons (Fsp3) is 0.500. The molecule has 1 fully saturated rings. The van der Waals surface area contributed by atoms with Crippen molar-refractivity contribution in [3.63, 3.8) is 0 Å². The molecule has 0 aliphatic carbocycles. The highest BCUT2D eigenvalue weighted by atomic mass is 35.5. The lowest BCUT2D eigenvalue weighted by molar-refractivity contribution is -0.133. The summed E-state index contributed by atoms with van der Waals surface area (Å²) in [5.74, 6) is 0.358. The Morgan fingerprint density at radius 3 is 2.77 bits per heavy atom.